The first-order valence-electron chi connectivity index (χ1n) is 16.6. The molecule has 0 radical (unpaired) electrons. The van der Waals surface area contributed by atoms with Crippen molar-refractivity contribution in [1.29, 1.82) is 0 Å². The van der Waals surface area contributed by atoms with Crippen molar-refractivity contribution in [3.63, 3.8) is 0 Å². The molecule has 4 aliphatic rings. The Morgan fingerprint density at radius 3 is 2.43 bits per heavy atom. The quantitative estimate of drug-likeness (QED) is 0.338. The van der Waals surface area contributed by atoms with E-state index in [1.807, 2.05) is 11.3 Å². The van der Waals surface area contributed by atoms with Gasteiger partial charge < -0.3 is 9.64 Å². The van der Waals surface area contributed by atoms with Crippen molar-refractivity contribution in [2.45, 2.75) is 70.9 Å². The number of anilines is 1. The molecule has 2 aliphatic heterocycles. The van der Waals surface area contributed by atoms with E-state index >= 15 is 0 Å². The van der Waals surface area contributed by atoms with Crippen LogP contribution in [0.15, 0.2) is 24.3 Å². The van der Waals surface area contributed by atoms with Gasteiger partial charge in [0.25, 0.3) is 0 Å². The number of aromatic nitrogens is 2. The number of rotatable bonds is 10. The Morgan fingerprint density at radius 2 is 1.67 bits per heavy atom. The lowest BCUT2D eigenvalue weighted by Gasteiger charge is -2.37. The van der Waals surface area contributed by atoms with E-state index in [9.17, 15) is 0 Å². The molecule has 0 N–H and O–H groups in total. The molecule has 4 heterocycles. The Bertz CT molecular complexity index is 1320. The van der Waals surface area contributed by atoms with Crippen molar-refractivity contribution in [1.82, 2.24) is 24.7 Å². The van der Waals surface area contributed by atoms with Crippen LogP contribution in [0.25, 0.3) is 10.2 Å². The van der Waals surface area contributed by atoms with Gasteiger partial charge in [0.2, 0.25) is 0 Å². The van der Waals surface area contributed by atoms with Gasteiger partial charge in [0, 0.05) is 50.2 Å². The highest BCUT2D eigenvalue weighted by molar-refractivity contribution is 7.19. The third-order valence-corrected chi connectivity index (χ3v) is 11.1. The lowest BCUT2D eigenvalue weighted by Crippen LogP contribution is -2.47. The number of ether oxygens (including phenoxy) is 1. The first kappa shape index (κ1) is 28.7. The van der Waals surface area contributed by atoms with E-state index in [1.165, 1.54) is 87.0 Å². The van der Waals surface area contributed by atoms with Gasteiger partial charge in [-0.1, -0.05) is 31.2 Å². The van der Waals surface area contributed by atoms with E-state index in [-0.39, 0.29) is 0 Å². The van der Waals surface area contributed by atoms with Crippen LogP contribution >= 0.6 is 11.3 Å². The maximum Gasteiger partial charge on any atom is 0.146 e. The molecule has 2 aliphatic carbocycles. The molecule has 7 rings (SSSR count). The van der Waals surface area contributed by atoms with Crippen LogP contribution in [-0.4, -0.2) is 103 Å². The second kappa shape index (κ2) is 13.3. The SMILES string of the molecule is CCCN(CCCN1CCN(c2nc(CN3CCOCC3)nc3sc4c(c23)CCCC4)CC1)C1Cc2ccccc2C1. The normalized spacial score (nSPS) is 20.5. The second-order valence-corrected chi connectivity index (χ2v) is 13.9. The molecule has 0 saturated carbocycles. The van der Waals surface area contributed by atoms with E-state index < -0.39 is 0 Å². The number of hydrogen-bond donors (Lipinski definition) is 0. The van der Waals surface area contributed by atoms with Gasteiger partial charge in [-0.05, 0) is 87.7 Å². The predicted molar refractivity (Wildman–Crippen MR) is 173 cm³/mol. The number of morpholine rings is 1. The first-order chi connectivity index (χ1) is 20.7. The van der Waals surface area contributed by atoms with Crippen molar-refractivity contribution in [3.8, 4) is 0 Å². The highest BCUT2D eigenvalue weighted by Gasteiger charge is 2.28. The summed E-state index contributed by atoms with van der Waals surface area (Å²) in [6.45, 7) is 14.7. The summed E-state index contributed by atoms with van der Waals surface area (Å²) in [5, 5.41) is 1.38. The third kappa shape index (κ3) is 6.25. The number of hydrogen-bond acceptors (Lipinski definition) is 8. The number of thiophene rings is 1. The Hall–Kier alpha value is -2.10. The molecule has 7 nitrogen and oxygen atoms in total. The minimum atomic E-state index is 0.683. The number of nitrogens with zero attached hydrogens (tertiary/aromatic N) is 6. The molecular formula is C34H48N6OS. The number of benzene rings is 1. The highest BCUT2D eigenvalue weighted by Crippen LogP contribution is 2.40. The Balaban J connectivity index is 0.990. The Kier molecular flexibility index (Phi) is 9.05. The van der Waals surface area contributed by atoms with Crippen molar-refractivity contribution >= 4 is 27.4 Å². The smallest absolute Gasteiger partial charge is 0.146 e. The number of fused-ring (bicyclic) bond motifs is 4. The molecule has 0 unspecified atom stereocenters. The van der Waals surface area contributed by atoms with Gasteiger partial charge in [0.15, 0.2) is 0 Å². The zero-order valence-corrected chi connectivity index (χ0v) is 26.3. The van der Waals surface area contributed by atoms with Gasteiger partial charge in [-0.15, -0.1) is 11.3 Å². The van der Waals surface area contributed by atoms with Gasteiger partial charge in [0.1, 0.15) is 16.5 Å². The van der Waals surface area contributed by atoms with E-state index in [2.05, 4.69) is 50.8 Å². The molecule has 0 bridgehead atoms. The summed E-state index contributed by atoms with van der Waals surface area (Å²) in [6.07, 6.45) is 9.95. The maximum absolute atomic E-state index is 5.59. The molecule has 0 spiro atoms. The van der Waals surface area contributed by atoms with Crippen LogP contribution in [0, 0.1) is 0 Å². The molecule has 0 atom stereocenters. The second-order valence-electron chi connectivity index (χ2n) is 12.8. The molecule has 3 aromatic rings. The molecule has 2 aromatic heterocycles. The highest BCUT2D eigenvalue weighted by atomic mass is 32.1. The Labute approximate surface area is 255 Å². The van der Waals surface area contributed by atoms with E-state index in [1.54, 1.807) is 21.6 Å². The van der Waals surface area contributed by atoms with Gasteiger partial charge in [-0.2, -0.15) is 0 Å². The average Bonchev–Trinajstić information content (AvgIpc) is 3.63. The minimum absolute atomic E-state index is 0.683. The molecule has 0 amide bonds. The van der Waals surface area contributed by atoms with E-state index in [0.717, 1.165) is 64.9 Å². The molecule has 226 valence electrons. The fourth-order valence-corrected chi connectivity index (χ4v) is 8.95. The monoisotopic (exact) mass is 588 g/mol. The molecule has 8 heteroatoms. The van der Waals surface area contributed by atoms with Crippen LogP contribution in [0.2, 0.25) is 0 Å². The topological polar surface area (TPSA) is 48.0 Å². The van der Waals surface area contributed by atoms with Crippen LogP contribution in [0.3, 0.4) is 0 Å². The lowest BCUT2D eigenvalue weighted by molar-refractivity contribution is 0.0331. The summed E-state index contributed by atoms with van der Waals surface area (Å²) in [5.41, 5.74) is 4.69. The summed E-state index contributed by atoms with van der Waals surface area (Å²) in [4.78, 5) is 23.8. The lowest BCUT2D eigenvalue weighted by atomic mass is 9.97. The predicted octanol–water partition coefficient (Wildman–Crippen LogP) is 4.79. The molecule has 2 fully saturated rings. The van der Waals surface area contributed by atoms with Gasteiger partial charge in [-0.25, -0.2) is 9.97 Å². The average molecular weight is 589 g/mol. The maximum atomic E-state index is 5.59. The van der Waals surface area contributed by atoms with Crippen molar-refractivity contribution in [3.05, 3.63) is 51.7 Å². The van der Waals surface area contributed by atoms with Gasteiger partial charge in [0.05, 0.1) is 25.1 Å². The summed E-state index contributed by atoms with van der Waals surface area (Å²) in [6, 6.07) is 9.76. The largest absolute Gasteiger partial charge is 0.379 e. The van der Waals surface area contributed by atoms with Crippen molar-refractivity contribution in [2.75, 3.05) is 77.0 Å². The van der Waals surface area contributed by atoms with Crippen molar-refractivity contribution in [2.24, 2.45) is 0 Å². The molecule has 1 aromatic carbocycles. The van der Waals surface area contributed by atoms with E-state index in [4.69, 9.17) is 14.7 Å². The summed E-state index contributed by atoms with van der Waals surface area (Å²) in [7, 11) is 0. The van der Waals surface area contributed by atoms with Crippen LogP contribution < -0.4 is 4.90 Å². The van der Waals surface area contributed by atoms with Crippen LogP contribution in [0.4, 0.5) is 5.82 Å². The fourth-order valence-electron chi connectivity index (χ4n) is 7.68. The number of piperazine rings is 1. The molecular weight excluding hydrogens is 540 g/mol. The molecule has 2 saturated heterocycles. The van der Waals surface area contributed by atoms with Crippen LogP contribution in [0.1, 0.15) is 60.0 Å². The van der Waals surface area contributed by atoms with Gasteiger partial charge >= 0.3 is 0 Å². The van der Waals surface area contributed by atoms with Crippen molar-refractivity contribution < 1.29 is 4.74 Å². The summed E-state index contributed by atoms with van der Waals surface area (Å²) in [5.74, 6) is 2.21. The standard InChI is InChI=1S/C34H48N6OS/c1-2-12-39(28-23-26-8-3-4-9-27(26)24-28)14-7-13-37-15-17-40(18-16-37)33-32-29-10-5-6-11-30(29)42-34(32)36-31(35-33)25-38-19-21-41-22-20-38/h3-4,8-9,28H,2,5-7,10-25H2,1H3. The Morgan fingerprint density at radius 1 is 0.905 bits per heavy atom. The van der Waals surface area contributed by atoms with E-state index in [0.29, 0.717) is 6.04 Å². The first-order valence-corrected chi connectivity index (χ1v) is 17.5. The molecule has 42 heavy (non-hydrogen) atoms. The van der Waals surface area contributed by atoms with Crippen LogP contribution in [-0.2, 0) is 37.0 Å². The number of aryl methyl sites for hydroxylation is 2. The third-order valence-electron chi connectivity index (χ3n) is 9.96. The van der Waals surface area contributed by atoms with Crippen LogP contribution in [0.5, 0.6) is 0 Å². The van der Waals surface area contributed by atoms with Gasteiger partial charge in [-0.3, -0.25) is 14.7 Å². The zero-order valence-electron chi connectivity index (χ0n) is 25.5. The summed E-state index contributed by atoms with van der Waals surface area (Å²) >= 11 is 1.94. The summed E-state index contributed by atoms with van der Waals surface area (Å²) < 4.78 is 5.59. The minimum Gasteiger partial charge on any atom is -0.379 e. The zero-order chi connectivity index (χ0) is 28.3. The fraction of sp³-hybridized carbons (Fsp3) is 0.647.